The van der Waals surface area contributed by atoms with Crippen LogP contribution in [-0.2, 0) is 12.2 Å². The Kier molecular flexibility index (Phi) is 5.53. The van der Waals surface area contributed by atoms with E-state index in [4.69, 9.17) is 11.6 Å². The van der Waals surface area contributed by atoms with Crippen molar-refractivity contribution in [3.63, 3.8) is 0 Å². The van der Waals surface area contributed by atoms with Crippen molar-refractivity contribution < 1.29 is 0 Å². The Morgan fingerprint density at radius 2 is 2.00 bits per heavy atom. The van der Waals surface area contributed by atoms with Crippen molar-refractivity contribution in [2.45, 2.75) is 30.7 Å². The van der Waals surface area contributed by atoms with Crippen LogP contribution in [0.25, 0.3) is 22.0 Å². The lowest BCUT2D eigenvalue weighted by Gasteiger charge is -2.08. The molecule has 32 heavy (non-hydrogen) atoms. The zero-order valence-electron chi connectivity index (χ0n) is 16.8. The second-order valence-electron chi connectivity index (χ2n) is 6.94. The van der Waals surface area contributed by atoms with E-state index < -0.39 is 0 Å². The van der Waals surface area contributed by atoms with Gasteiger partial charge in [0.05, 0.1) is 10.7 Å². The summed E-state index contributed by atoms with van der Waals surface area (Å²) >= 11 is 9.08. The Morgan fingerprint density at radius 1 is 1.16 bits per heavy atom. The molecule has 9 nitrogen and oxygen atoms in total. The molecular formula is C20H16ClN7O2S2. The molecule has 0 amide bonds. The topological polar surface area (TPSA) is 110 Å². The lowest BCUT2D eigenvalue weighted by Crippen LogP contribution is -2.15. The molecule has 0 spiro atoms. The minimum Gasteiger partial charge on any atom is -0.268 e. The van der Waals surface area contributed by atoms with Crippen LogP contribution in [0.15, 0.2) is 51.1 Å². The quantitative estimate of drug-likeness (QED) is 0.367. The summed E-state index contributed by atoms with van der Waals surface area (Å²) in [5.41, 5.74) is 1.19. The van der Waals surface area contributed by atoms with Crippen LogP contribution in [0, 0.1) is 0 Å². The highest BCUT2D eigenvalue weighted by atomic mass is 35.5. The highest BCUT2D eigenvalue weighted by Crippen LogP contribution is 2.28. The van der Waals surface area contributed by atoms with E-state index in [9.17, 15) is 9.59 Å². The average molecular weight is 486 g/mol. The van der Waals surface area contributed by atoms with Gasteiger partial charge in [-0.05, 0) is 18.6 Å². The summed E-state index contributed by atoms with van der Waals surface area (Å²) in [7, 11) is 0. The van der Waals surface area contributed by atoms with E-state index in [2.05, 4.69) is 32.1 Å². The van der Waals surface area contributed by atoms with Crippen molar-refractivity contribution in [1.29, 1.82) is 0 Å². The Morgan fingerprint density at radius 3 is 2.81 bits per heavy atom. The molecule has 0 aliphatic rings. The minimum atomic E-state index is -0.289. The molecular weight excluding hydrogens is 470 g/mol. The van der Waals surface area contributed by atoms with Crippen LogP contribution in [0.3, 0.4) is 0 Å². The number of hydrogen-bond acceptors (Lipinski definition) is 8. The normalized spacial score (nSPS) is 11.6. The standard InChI is InChI=1S/C20H16ClN7O2S2/c1-2-5-16-26-28-17(30)8-11(22-20(28)32-16)10-31-19-24-18(12-6-3-4-7-13(12)21)23-14-9-15(29)25-27(14)19/h3-4,6-9H,2,5,10H2,1H3,(H,25,29). The van der Waals surface area contributed by atoms with E-state index in [0.717, 1.165) is 17.8 Å². The van der Waals surface area contributed by atoms with Crippen molar-refractivity contribution in [2.24, 2.45) is 0 Å². The van der Waals surface area contributed by atoms with Crippen LogP contribution < -0.4 is 11.1 Å². The molecule has 0 bridgehead atoms. The van der Waals surface area contributed by atoms with Gasteiger partial charge in [0.25, 0.3) is 11.1 Å². The summed E-state index contributed by atoms with van der Waals surface area (Å²) in [6.45, 7) is 2.06. The molecule has 0 fully saturated rings. The highest BCUT2D eigenvalue weighted by Gasteiger charge is 2.15. The zero-order chi connectivity index (χ0) is 22.2. The number of H-pyrrole nitrogens is 1. The Labute approximate surface area is 194 Å². The number of thioether (sulfide) groups is 1. The molecule has 0 unspecified atom stereocenters. The van der Waals surface area contributed by atoms with Gasteiger partial charge >= 0.3 is 0 Å². The Hall–Kier alpha value is -3.02. The van der Waals surface area contributed by atoms with Crippen molar-refractivity contribution in [3.8, 4) is 11.4 Å². The molecule has 1 N–H and O–H groups in total. The predicted octanol–water partition coefficient (Wildman–Crippen LogP) is 3.45. The maximum absolute atomic E-state index is 12.5. The largest absolute Gasteiger partial charge is 0.275 e. The van der Waals surface area contributed by atoms with E-state index >= 15 is 0 Å². The van der Waals surface area contributed by atoms with Crippen LogP contribution in [0.1, 0.15) is 24.0 Å². The summed E-state index contributed by atoms with van der Waals surface area (Å²) in [6, 6.07) is 10.1. The van der Waals surface area contributed by atoms with Gasteiger partial charge in [-0.1, -0.05) is 53.8 Å². The molecule has 0 radical (unpaired) electrons. The molecule has 0 saturated carbocycles. The number of aryl methyl sites for hydroxylation is 1. The first-order valence-corrected chi connectivity index (χ1v) is 12.0. The van der Waals surface area contributed by atoms with Gasteiger partial charge in [-0.2, -0.15) is 9.61 Å². The number of halogens is 1. The third-order valence-electron chi connectivity index (χ3n) is 4.59. The van der Waals surface area contributed by atoms with Crippen molar-refractivity contribution in [2.75, 3.05) is 0 Å². The molecule has 1 aromatic carbocycles. The van der Waals surface area contributed by atoms with Crippen molar-refractivity contribution in [1.82, 2.24) is 34.2 Å². The number of nitrogens with one attached hydrogen (secondary N) is 1. The van der Waals surface area contributed by atoms with Crippen LogP contribution in [0.2, 0.25) is 5.02 Å². The predicted molar refractivity (Wildman–Crippen MR) is 125 cm³/mol. The Balaban J connectivity index is 1.52. The number of rotatable bonds is 6. The number of hydrogen-bond donors (Lipinski definition) is 1. The first-order valence-electron chi connectivity index (χ1n) is 9.78. The van der Waals surface area contributed by atoms with E-state index in [-0.39, 0.29) is 11.1 Å². The fraction of sp³-hybridized carbons (Fsp3) is 0.200. The van der Waals surface area contributed by atoms with Gasteiger partial charge in [-0.25, -0.2) is 19.5 Å². The van der Waals surface area contributed by atoms with Crippen LogP contribution >= 0.6 is 34.7 Å². The van der Waals surface area contributed by atoms with Gasteiger partial charge in [0.15, 0.2) is 16.6 Å². The molecule has 162 valence electrons. The summed E-state index contributed by atoms with van der Waals surface area (Å²) in [4.78, 5) is 38.7. The molecule has 0 aliphatic heterocycles. The summed E-state index contributed by atoms with van der Waals surface area (Å²) < 4.78 is 2.86. The number of aromatic amines is 1. The van der Waals surface area contributed by atoms with Gasteiger partial charge in [-0.15, -0.1) is 0 Å². The fourth-order valence-electron chi connectivity index (χ4n) is 3.17. The third-order valence-corrected chi connectivity index (χ3v) is 6.86. The number of benzene rings is 1. The molecule has 12 heteroatoms. The SMILES string of the molecule is CCCc1nn2c(=O)cc(CSc3nc(-c4ccccc4Cl)nc4cc(=O)[nH]n34)nc2s1. The van der Waals surface area contributed by atoms with Crippen molar-refractivity contribution >= 4 is 45.3 Å². The molecule has 0 aliphatic carbocycles. The molecule has 0 atom stereocenters. The summed E-state index contributed by atoms with van der Waals surface area (Å²) in [5, 5.41) is 8.94. The molecule has 5 rings (SSSR count). The second kappa shape index (κ2) is 8.49. The summed E-state index contributed by atoms with van der Waals surface area (Å²) in [5.74, 6) is 0.786. The van der Waals surface area contributed by atoms with Crippen LogP contribution in [-0.4, -0.2) is 34.2 Å². The first kappa shape index (κ1) is 20.9. The van der Waals surface area contributed by atoms with Gasteiger partial charge in [0, 0.05) is 29.9 Å². The zero-order valence-corrected chi connectivity index (χ0v) is 19.2. The molecule has 4 heterocycles. The highest BCUT2D eigenvalue weighted by molar-refractivity contribution is 7.98. The number of fused-ring (bicyclic) bond motifs is 2. The molecule has 0 saturated heterocycles. The van der Waals surface area contributed by atoms with Gasteiger partial charge in [0.2, 0.25) is 4.96 Å². The Bertz CT molecular complexity index is 1570. The van der Waals surface area contributed by atoms with Gasteiger partial charge in [-0.3, -0.25) is 14.7 Å². The lowest BCUT2D eigenvalue weighted by molar-refractivity contribution is 0.766. The van der Waals surface area contributed by atoms with E-state index in [1.807, 2.05) is 18.2 Å². The minimum absolute atomic E-state index is 0.219. The molecule has 5 aromatic rings. The third kappa shape index (κ3) is 3.94. The average Bonchev–Trinajstić information content (AvgIpc) is 3.35. The smallest absolute Gasteiger partial charge is 0.268 e. The lowest BCUT2D eigenvalue weighted by atomic mass is 10.2. The van der Waals surface area contributed by atoms with Gasteiger partial charge in [0.1, 0.15) is 5.01 Å². The fourth-order valence-corrected chi connectivity index (χ4v) is 5.25. The maximum atomic E-state index is 12.5. The van der Waals surface area contributed by atoms with Crippen molar-refractivity contribution in [3.05, 3.63) is 72.8 Å². The second-order valence-corrected chi connectivity index (χ2v) is 9.33. The van der Waals surface area contributed by atoms with Gasteiger partial charge < -0.3 is 0 Å². The summed E-state index contributed by atoms with van der Waals surface area (Å²) in [6.07, 6.45) is 1.76. The van der Waals surface area contributed by atoms with Crippen LogP contribution in [0.4, 0.5) is 0 Å². The molecule has 4 aromatic heterocycles. The van der Waals surface area contributed by atoms with E-state index in [1.165, 1.54) is 44.3 Å². The maximum Gasteiger partial charge on any atom is 0.275 e. The van der Waals surface area contributed by atoms with E-state index in [1.54, 1.807) is 6.07 Å². The number of aromatic nitrogens is 7. The first-order chi connectivity index (χ1) is 15.5. The number of nitrogens with zero attached hydrogens (tertiary/aromatic N) is 6. The van der Waals surface area contributed by atoms with Crippen LogP contribution in [0.5, 0.6) is 0 Å². The monoisotopic (exact) mass is 485 g/mol. The van der Waals surface area contributed by atoms with E-state index in [0.29, 0.717) is 43.6 Å².